The number of para-hydroxylation sites is 1. The summed E-state index contributed by atoms with van der Waals surface area (Å²) in [5, 5.41) is 0. The minimum absolute atomic E-state index is 0.0676. The molecule has 3 aromatic carbocycles. The zero-order valence-corrected chi connectivity index (χ0v) is 18.2. The second-order valence-electron chi connectivity index (χ2n) is 7.07. The van der Waals surface area contributed by atoms with E-state index >= 15 is 0 Å². The molecule has 160 valence electrons. The summed E-state index contributed by atoms with van der Waals surface area (Å²) in [6.07, 6.45) is 0. The lowest BCUT2D eigenvalue weighted by Gasteiger charge is -2.36. The summed E-state index contributed by atoms with van der Waals surface area (Å²) in [4.78, 5) is 15.1. The van der Waals surface area contributed by atoms with Gasteiger partial charge in [-0.05, 0) is 42.3 Å². The fourth-order valence-electron chi connectivity index (χ4n) is 3.62. The first-order valence-corrected chi connectivity index (χ1v) is 11.0. The summed E-state index contributed by atoms with van der Waals surface area (Å²) in [5.74, 6) is 0.762. The highest BCUT2D eigenvalue weighted by molar-refractivity contribution is 7.94. The first kappa shape index (κ1) is 20.7. The summed E-state index contributed by atoms with van der Waals surface area (Å²) < 4.78 is 38.2. The van der Waals surface area contributed by atoms with Gasteiger partial charge in [-0.2, -0.15) is 4.31 Å². The number of ether oxygens (including phenoxy) is 2. The van der Waals surface area contributed by atoms with Crippen molar-refractivity contribution < 1.29 is 22.7 Å². The van der Waals surface area contributed by atoms with E-state index in [0.717, 1.165) is 15.4 Å². The molecule has 0 bridgehead atoms. The third-order valence-corrected chi connectivity index (χ3v) is 7.02. The van der Waals surface area contributed by atoms with Crippen molar-refractivity contribution in [3.05, 3.63) is 77.9 Å². The van der Waals surface area contributed by atoms with Crippen LogP contribution in [0.25, 0.3) is 0 Å². The molecule has 0 aromatic heterocycles. The van der Waals surface area contributed by atoms with Crippen molar-refractivity contribution >= 4 is 27.4 Å². The molecule has 2 amide bonds. The van der Waals surface area contributed by atoms with Crippen LogP contribution in [0.15, 0.2) is 71.6 Å². The van der Waals surface area contributed by atoms with E-state index in [9.17, 15) is 13.2 Å². The Morgan fingerprint density at radius 1 is 0.871 bits per heavy atom. The zero-order valence-electron chi connectivity index (χ0n) is 17.4. The number of hydrogen-bond donors (Lipinski definition) is 0. The molecule has 8 heteroatoms. The van der Waals surface area contributed by atoms with Gasteiger partial charge >= 0.3 is 6.03 Å². The largest absolute Gasteiger partial charge is 0.493 e. The van der Waals surface area contributed by atoms with Crippen molar-refractivity contribution in [3.63, 3.8) is 0 Å². The van der Waals surface area contributed by atoms with Crippen molar-refractivity contribution in [1.82, 2.24) is 0 Å². The van der Waals surface area contributed by atoms with Crippen LogP contribution in [-0.4, -0.2) is 28.7 Å². The Labute approximate surface area is 181 Å². The van der Waals surface area contributed by atoms with E-state index in [1.165, 1.54) is 37.3 Å². The number of fused-ring (bicyclic) bond motifs is 1. The highest BCUT2D eigenvalue weighted by Gasteiger charge is 2.42. The van der Waals surface area contributed by atoms with Gasteiger partial charge in [0.2, 0.25) is 0 Å². The normalized spacial score (nSPS) is 14.9. The minimum atomic E-state index is -4.12. The van der Waals surface area contributed by atoms with Crippen molar-refractivity contribution in [3.8, 4) is 11.5 Å². The summed E-state index contributed by atoms with van der Waals surface area (Å²) in [6, 6.07) is 18.1. The number of anilines is 2. The molecule has 4 rings (SSSR count). The molecule has 0 unspecified atom stereocenters. The molecule has 7 nitrogen and oxygen atoms in total. The second kappa shape index (κ2) is 7.96. The smallest absolute Gasteiger partial charge is 0.343 e. The Morgan fingerprint density at radius 2 is 1.55 bits per heavy atom. The summed E-state index contributed by atoms with van der Waals surface area (Å²) >= 11 is 0. The second-order valence-corrected chi connectivity index (χ2v) is 8.83. The maximum absolute atomic E-state index is 13.6. The van der Waals surface area contributed by atoms with E-state index in [0.29, 0.717) is 17.2 Å². The molecule has 0 saturated heterocycles. The third kappa shape index (κ3) is 3.48. The Kier molecular flexibility index (Phi) is 5.32. The molecule has 0 atom stereocenters. The number of carbonyl (C=O) groups excluding carboxylic acids is 1. The standard InChI is InChI=1S/C23H22N2O5S/c1-16-8-4-5-9-17(16)15-24-19-10-6-7-11-22(19)31(27,28)25(23(24)26)18-12-13-20(29-2)21(14-18)30-3/h4-14H,15H2,1-3H3. The van der Waals surface area contributed by atoms with Gasteiger partial charge in [0, 0.05) is 6.07 Å². The predicted molar refractivity (Wildman–Crippen MR) is 118 cm³/mol. The van der Waals surface area contributed by atoms with E-state index in [2.05, 4.69) is 0 Å². The maximum Gasteiger partial charge on any atom is 0.343 e. The summed E-state index contributed by atoms with van der Waals surface area (Å²) in [5.41, 5.74) is 2.47. The van der Waals surface area contributed by atoms with Crippen molar-refractivity contribution in [2.45, 2.75) is 18.4 Å². The molecule has 3 aromatic rings. The lowest BCUT2D eigenvalue weighted by atomic mass is 10.1. The zero-order chi connectivity index (χ0) is 22.2. The highest BCUT2D eigenvalue weighted by Crippen LogP contribution is 2.40. The van der Waals surface area contributed by atoms with Crippen LogP contribution in [0.2, 0.25) is 0 Å². The van der Waals surface area contributed by atoms with Crippen LogP contribution in [0.3, 0.4) is 0 Å². The van der Waals surface area contributed by atoms with E-state index in [-0.39, 0.29) is 17.1 Å². The SMILES string of the molecule is COc1ccc(N2C(=O)N(Cc3ccccc3C)c3ccccc3S2(=O)=O)cc1OC. The van der Waals surface area contributed by atoms with Crippen LogP contribution < -0.4 is 18.7 Å². The molecule has 0 spiro atoms. The molecular formula is C23H22N2O5S. The summed E-state index contributed by atoms with van der Waals surface area (Å²) in [7, 11) is -1.18. The lowest BCUT2D eigenvalue weighted by Crippen LogP contribution is -2.50. The molecular weight excluding hydrogens is 416 g/mol. The molecule has 1 aliphatic heterocycles. The van der Waals surface area contributed by atoms with Crippen LogP contribution in [0.1, 0.15) is 11.1 Å². The average molecular weight is 439 g/mol. The van der Waals surface area contributed by atoms with Crippen molar-refractivity contribution in [2.24, 2.45) is 0 Å². The number of sulfonamides is 1. The topological polar surface area (TPSA) is 76.2 Å². The number of urea groups is 1. The van der Waals surface area contributed by atoms with Crippen molar-refractivity contribution in [2.75, 3.05) is 23.4 Å². The van der Waals surface area contributed by atoms with Gasteiger partial charge in [0.25, 0.3) is 10.0 Å². The van der Waals surface area contributed by atoms with Crippen LogP contribution >= 0.6 is 0 Å². The molecule has 31 heavy (non-hydrogen) atoms. The molecule has 0 radical (unpaired) electrons. The van der Waals surface area contributed by atoms with Gasteiger partial charge in [-0.25, -0.2) is 13.2 Å². The van der Waals surface area contributed by atoms with Gasteiger partial charge in [0.05, 0.1) is 32.1 Å². The number of aryl methyl sites for hydroxylation is 1. The first-order valence-electron chi connectivity index (χ1n) is 9.61. The Morgan fingerprint density at radius 3 is 2.26 bits per heavy atom. The van der Waals surface area contributed by atoms with Crippen LogP contribution in [0.4, 0.5) is 16.2 Å². The molecule has 0 N–H and O–H groups in total. The Hall–Kier alpha value is -3.52. The van der Waals surface area contributed by atoms with Gasteiger partial charge in [-0.15, -0.1) is 0 Å². The predicted octanol–water partition coefficient (Wildman–Crippen LogP) is 4.35. The van der Waals surface area contributed by atoms with E-state index in [1.54, 1.807) is 24.3 Å². The van der Waals surface area contributed by atoms with Crippen LogP contribution in [-0.2, 0) is 16.6 Å². The highest BCUT2D eigenvalue weighted by atomic mass is 32.2. The summed E-state index contributed by atoms with van der Waals surface area (Å²) in [6.45, 7) is 2.19. The third-order valence-electron chi connectivity index (χ3n) is 5.27. The minimum Gasteiger partial charge on any atom is -0.493 e. The molecule has 0 aliphatic carbocycles. The number of hydrogen-bond acceptors (Lipinski definition) is 5. The lowest BCUT2D eigenvalue weighted by molar-refractivity contribution is 0.253. The van der Waals surface area contributed by atoms with Gasteiger partial charge in [-0.3, -0.25) is 4.90 Å². The fourth-order valence-corrected chi connectivity index (χ4v) is 5.21. The molecule has 0 fully saturated rings. The van der Waals surface area contributed by atoms with E-state index < -0.39 is 16.1 Å². The molecule has 1 heterocycles. The van der Waals surface area contributed by atoms with Crippen LogP contribution in [0.5, 0.6) is 11.5 Å². The number of rotatable bonds is 5. The maximum atomic E-state index is 13.6. The van der Waals surface area contributed by atoms with E-state index in [1.807, 2.05) is 31.2 Å². The number of carbonyl (C=O) groups is 1. The van der Waals surface area contributed by atoms with Crippen molar-refractivity contribution in [1.29, 1.82) is 0 Å². The number of nitrogens with zero attached hydrogens (tertiary/aromatic N) is 2. The molecule has 0 saturated carbocycles. The quantitative estimate of drug-likeness (QED) is 0.592. The van der Waals surface area contributed by atoms with E-state index in [4.69, 9.17) is 9.47 Å². The van der Waals surface area contributed by atoms with Gasteiger partial charge < -0.3 is 9.47 Å². The van der Waals surface area contributed by atoms with Gasteiger partial charge in [0.15, 0.2) is 11.5 Å². The van der Waals surface area contributed by atoms with Gasteiger partial charge in [-0.1, -0.05) is 36.4 Å². The monoisotopic (exact) mass is 438 g/mol. The van der Waals surface area contributed by atoms with Gasteiger partial charge in [0.1, 0.15) is 4.90 Å². The van der Waals surface area contributed by atoms with Crippen LogP contribution in [0, 0.1) is 6.92 Å². The number of benzene rings is 3. The first-order chi connectivity index (χ1) is 14.9. The Bertz CT molecular complexity index is 1260. The fraction of sp³-hybridized carbons (Fsp3) is 0.174. The average Bonchev–Trinajstić information content (AvgIpc) is 2.77. The number of methoxy groups -OCH3 is 2. The number of amides is 2. The Balaban J connectivity index is 1.88. The molecule has 1 aliphatic rings.